The van der Waals surface area contributed by atoms with Gasteiger partial charge in [-0.3, -0.25) is 4.99 Å². The number of thioether (sulfide) groups is 1. The standard InChI is InChI=1S/C13H15BrF2N2S/c1-3-13(4-2)7-19-12(18-13)17-11-9(14)5-8(15)6-10(11)16/h5-6H,3-4,7H2,1-2H3,(H,17,18). The quantitative estimate of drug-likeness (QED) is 0.848. The Balaban J connectivity index is 2.24. The Kier molecular flexibility index (Phi) is 4.50. The van der Waals surface area contributed by atoms with Crippen LogP contribution in [-0.2, 0) is 0 Å². The number of benzene rings is 1. The first-order valence-corrected chi connectivity index (χ1v) is 7.92. The number of aliphatic imine (C=N–C) groups is 1. The van der Waals surface area contributed by atoms with Crippen LogP contribution < -0.4 is 5.32 Å². The van der Waals surface area contributed by atoms with Gasteiger partial charge in [0, 0.05) is 16.3 Å². The SMILES string of the molecule is CCC1(CC)CSC(Nc2c(F)cc(F)cc2Br)=N1. The third-order valence-corrected chi connectivity index (χ3v) is 5.15. The molecule has 1 aliphatic heterocycles. The maximum atomic E-state index is 13.7. The monoisotopic (exact) mass is 348 g/mol. The van der Waals surface area contributed by atoms with Gasteiger partial charge in [0.2, 0.25) is 0 Å². The Morgan fingerprint density at radius 1 is 1.37 bits per heavy atom. The number of rotatable bonds is 3. The van der Waals surface area contributed by atoms with Crippen molar-refractivity contribution in [3.63, 3.8) is 0 Å². The van der Waals surface area contributed by atoms with Gasteiger partial charge in [0.1, 0.15) is 5.82 Å². The van der Waals surface area contributed by atoms with Gasteiger partial charge in [-0.1, -0.05) is 25.6 Å². The first-order chi connectivity index (χ1) is 8.99. The summed E-state index contributed by atoms with van der Waals surface area (Å²) in [5.74, 6) is -0.337. The molecule has 2 rings (SSSR count). The molecular formula is C13H15BrF2N2S. The van der Waals surface area contributed by atoms with Crippen molar-refractivity contribution in [3.8, 4) is 0 Å². The highest BCUT2D eigenvalue weighted by atomic mass is 79.9. The Morgan fingerprint density at radius 3 is 2.58 bits per heavy atom. The highest BCUT2D eigenvalue weighted by molar-refractivity contribution is 9.10. The van der Waals surface area contributed by atoms with E-state index in [1.165, 1.54) is 6.07 Å². The van der Waals surface area contributed by atoms with Crippen LogP contribution in [0.4, 0.5) is 14.5 Å². The van der Waals surface area contributed by atoms with Gasteiger partial charge >= 0.3 is 0 Å². The predicted molar refractivity (Wildman–Crippen MR) is 80.9 cm³/mol. The van der Waals surface area contributed by atoms with Crippen molar-refractivity contribution in [1.29, 1.82) is 0 Å². The van der Waals surface area contributed by atoms with Crippen molar-refractivity contribution >= 4 is 38.5 Å². The molecule has 0 bridgehead atoms. The Bertz CT molecular complexity index is 492. The number of anilines is 1. The predicted octanol–water partition coefficient (Wildman–Crippen LogP) is 4.80. The summed E-state index contributed by atoms with van der Waals surface area (Å²) in [4.78, 5) is 4.64. The Morgan fingerprint density at radius 2 is 2.05 bits per heavy atom. The van der Waals surface area contributed by atoms with Crippen LogP contribution >= 0.6 is 27.7 Å². The van der Waals surface area contributed by atoms with Crippen LogP contribution in [0.25, 0.3) is 0 Å². The van der Waals surface area contributed by atoms with Gasteiger partial charge in [0.15, 0.2) is 11.0 Å². The minimum atomic E-state index is -0.624. The van der Waals surface area contributed by atoms with E-state index < -0.39 is 11.6 Å². The summed E-state index contributed by atoms with van der Waals surface area (Å²) in [5, 5.41) is 3.64. The zero-order valence-corrected chi connectivity index (χ0v) is 13.2. The van der Waals surface area contributed by atoms with Crippen molar-refractivity contribution in [2.75, 3.05) is 11.1 Å². The summed E-state index contributed by atoms with van der Waals surface area (Å²) in [6, 6.07) is 2.10. The smallest absolute Gasteiger partial charge is 0.161 e. The van der Waals surface area contributed by atoms with Crippen molar-refractivity contribution in [2.45, 2.75) is 32.2 Å². The maximum Gasteiger partial charge on any atom is 0.161 e. The molecule has 19 heavy (non-hydrogen) atoms. The molecule has 0 fully saturated rings. The summed E-state index contributed by atoms with van der Waals surface area (Å²) >= 11 is 4.73. The Labute approximate surface area is 124 Å². The summed E-state index contributed by atoms with van der Waals surface area (Å²) in [6.07, 6.45) is 1.91. The molecule has 1 N–H and O–H groups in total. The molecular weight excluding hydrogens is 334 g/mol. The van der Waals surface area contributed by atoms with E-state index in [1.54, 1.807) is 11.8 Å². The van der Waals surface area contributed by atoms with E-state index in [0.29, 0.717) is 9.64 Å². The fraction of sp³-hybridized carbons (Fsp3) is 0.462. The van der Waals surface area contributed by atoms with Gasteiger partial charge in [-0.2, -0.15) is 0 Å². The molecule has 0 radical (unpaired) electrons. The van der Waals surface area contributed by atoms with Gasteiger partial charge in [-0.05, 0) is 34.8 Å². The molecule has 0 unspecified atom stereocenters. The van der Waals surface area contributed by atoms with Crippen molar-refractivity contribution < 1.29 is 8.78 Å². The first-order valence-electron chi connectivity index (χ1n) is 6.14. The number of nitrogens with one attached hydrogen (secondary N) is 1. The number of hydrogen-bond acceptors (Lipinski definition) is 3. The van der Waals surface area contributed by atoms with Gasteiger partial charge < -0.3 is 5.32 Å². The van der Waals surface area contributed by atoms with Crippen molar-refractivity contribution in [1.82, 2.24) is 0 Å². The van der Waals surface area contributed by atoms with E-state index in [0.717, 1.165) is 24.7 Å². The van der Waals surface area contributed by atoms with Crippen LogP contribution in [0.2, 0.25) is 0 Å². The molecule has 0 aromatic heterocycles. The summed E-state index contributed by atoms with van der Waals surface area (Å²) in [5.41, 5.74) is 0.173. The molecule has 0 spiro atoms. The highest BCUT2D eigenvalue weighted by Gasteiger charge is 2.32. The van der Waals surface area contributed by atoms with Crippen LogP contribution in [0.5, 0.6) is 0 Å². The molecule has 1 aromatic rings. The normalized spacial score (nSPS) is 17.4. The largest absolute Gasteiger partial charge is 0.332 e. The van der Waals surface area contributed by atoms with Gasteiger partial charge in [-0.25, -0.2) is 8.78 Å². The second-order valence-corrected chi connectivity index (χ2v) is 6.32. The molecule has 6 heteroatoms. The number of amidine groups is 1. The van der Waals surface area contributed by atoms with Gasteiger partial charge in [0.05, 0.1) is 11.2 Å². The zero-order valence-electron chi connectivity index (χ0n) is 10.8. The molecule has 0 saturated carbocycles. The minimum absolute atomic E-state index is 0.0595. The third kappa shape index (κ3) is 3.11. The first kappa shape index (κ1) is 14.8. The van der Waals surface area contributed by atoms with Crippen LogP contribution in [0.15, 0.2) is 21.6 Å². The molecule has 1 heterocycles. The number of hydrogen-bond donors (Lipinski definition) is 1. The van der Waals surface area contributed by atoms with E-state index in [-0.39, 0.29) is 11.2 Å². The van der Waals surface area contributed by atoms with E-state index in [2.05, 4.69) is 40.1 Å². The van der Waals surface area contributed by atoms with Crippen LogP contribution in [0.3, 0.4) is 0 Å². The van der Waals surface area contributed by atoms with Gasteiger partial charge in [-0.15, -0.1) is 0 Å². The lowest BCUT2D eigenvalue weighted by atomic mass is 9.97. The minimum Gasteiger partial charge on any atom is -0.332 e. The lowest BCUT2D eigenvalue weighted by Gasteiger charge is -2.20. The molecule has 0 aliphatic carbocycles. The lowest BCUT2D eigenvalue weighted by Crippen LogP contribution is -2.24. The number of halogens is 3. The van der Waals surface area contributed by atoms with E-state index >= 15 is 0 Å². The van der Waals surface area contributed by atoms with E-state index in [9.17, 15) is 8.78 Å². The van der Waals surface area contributed by atoms with Crippen molar-refractivity contribution in [2.24, 2.45) is 4.99 Å². The fourth-order valence-corrected chi connectivity index (χ4v) is 3.75. The average Bonchev–Trinajstić information content (AvgIpc) is 2.78. The number of nitrogens with zero attached hydrogens (tertiary/aromatic N) is 1. The molecule has 104 valence electrons. The highest BCUT2D eigenvalue weighted by Crippen LogP contribution is 2.35. The molecule has 2 nitrogen and oxygen atoms in total. The molecule has 1 aromatic carbocycles. The summed E-state index contributed by atoms with van der Waals surface area (Å²) in [7, 11) is 0. The Hall–Kier alpha value is -0.620. The lowest BCUT2D eigenvalue weighted by molar-refractivity contribution is 0.456. The molecule has 1 aliphatic rings. The molecule has 0 saturated heterocycles. The third-order valence-electron chi connectivity index (χ3n) is 3.37. The summed E-state index contributed by atoms with van der Waals surface area (Å²) < 4.78 is 27.1. The van der Waals surface area contributed by atoms with Crippen LogP contribution in [-0.4, -0.2) is 16.5 Å². The van der Waals surface area contributed by atoms with Crippen LogP contribution in [0, 0.1) is 11.6 Å². The average molecular weight is 349 g/mol. The van der Waals surface area contributed by atoms with Crippen molar-refractivity contribution in [3.05, 3.63) is 28.2 Å². The fourth-order valence-electron chi connectivity index (χ4n) is 1.93. The van der Waals surface area contributed by atoms with Gasteiger partial charge in [0.25, 0.3) is 0 Å². The van der Waals surface area contributed by atoms with E-state index in [4.69, 9.17) is 0 Å². The van der Waals surface area contributed by atoms with Crippen LogP contribution in [0.1, 0.15) is 26.7 Å². The van der Waals surface area contributed by atoms with E-state index in [1.807, 2.05) is 0 Å². The zero-order chi connectivity index (χ0) is 14.0. The second-order valence-electron chi connectivity index (χ2n) is 4.51. The molecule has 0 atom stereocenters. The summed E-state index contributed by atoms with van der Waals surface area (Å²) in [6.45, 7) is 4.20. The molecule has 0 amide bonds. The second kappa shape index (κ2) is 5.79. The maximum absolute atomic E-state index is 13.7. The topological polar surface area (TPSA) is 24.4 Å².